The fourth-order valence-electron chi connectivity index (χ4n) is 3.55. The zero-order valence-corrected chi connectivity index (χ0v) is 14.0. The van der Waals surface area contributed by atoms with Crippen LogP contribution in [0.1, 0.15) is 25.0 Å². The minimum Gasteiger partial charge on any atom is -0.412 e. The molecule has 0 fully saturated rings. The Morgan fingerprint density at radius 2 is 1.25 bits per heavy atom. The van der Waals surface area contributed by atoms with Crippen molar-refractivity contribution in [3.05, 3.63) is 83.9 Å². The third kappa shape index (κ3) is 2.77. The van der Waals surface area contributed by atoms with Gasteiger partial charge in [-0.05, 0) is 22.3 Å². The van der Waals surface area contributed by atoms with E-state index in [1.807, 2.05) is 0 Å². The fourth-order valence-corrected chi connectivity index (χ4v) is 3.55. The van der Waals surface area contributed by atoms with Crippen LogP contribution in [-0.4, -0.2) is 18.2 Å². The third-order valence-corrected chi connectivity index (χ3v) is 4.74. The summed E-state index contributed by atoms with van der Waals surface area (Å²) in [4.78, 5) is 0. The summed E-state index contributed by atoms with van der Waals surface area (Å²) in [5, 5.41) is 0. The summed E-state index contributed by atoms with van der Waals surface area (Å²) in [6.07, 6.45) is 0. The molecule has 4 rings (SSSR count). The molecule has 0 atom stereocenters. The molecule has 1 aliphatic carbocycles. The van der Waals surface area contributed by atoms with Gasteiger partial charge in [-0.3, -0.25) is 0 Å². The summed E-state index contributed by atoms with van der Waals surface area (Å²) in [6, 6.07) is 26.1. The van der Waals surface area contributed by atoms with E-state index in [9.17, 15) is 0 Å². The van der Waals surface area contributed by atoms with Crippen molar-refractivity contribution in [2.75, 3.05) is 0 Å². The first kappa shape index (κ1) is 18.0. The summed E-state index contributed by atoms with van der Waals surface area (Å²) in [5.41, 5.74) is 8.22. The van der Waals surface area contributed by atoms with Crippen LogP contribution in [0.5, 0.6) is 0 Å². The molecule has 3 heteroatoms. The maximum atomic E-state index is 2.35. The second-order valence-corrected chi connectivity index (χ2v) is 6.53. The number of hydrogen-bond donors (Lipinski definition) is 0. The van der Waals surface area contributed by atoms with Gasteiger partial charge in [-0.2, -0.15) is 0 Å². The SMILES string of the molecule is CC1(C)c2ccccc2-c2ccc([B]c3ccccc3)cc21.O.O. The van der Waals surface area contributed by atoms with Crippen molar-refractivity contribution < 1.29 is 11.0 Å². The van der Waals surface area contributed by atoms with E-state index in [-0.39, 0.29) is 16.4 Å². The first-order chi connectivity index (χ1) is 10.7. The zero-order chi connectivity index (χ0) is 15.2. The van der Waals surface area contributed by atoms with Crippen LogP contribution in [-0.2, 0) is 5.41 Å². The summed E-state index contributed by atoms with van der Waals surface area (Å²) in [5.74, 6) is 0. The van der Waals surface area contributed by atoms with E-state index in [2.05, 4.69) is 93.9 Å². The lowest BCUT2D eigenvalue weighted by molar-refractivity contribution is 0.661. The van der Waals surface area contributed by atoms with E-state index in [1.54, 1.807) is 0 Å². The molecule has 0 unspecified atom stereocenters. The van der Waals surface area contributed by atoms with Gasteiger partial charge in [0.05, 0.1) is 0 Å². The Morgan fingerprint density at radius 3 is 2.00 bits per heavy atom. The van der Waals surface area contributed by atoms with Crippen molar-refractivity contribution in [1.29, 1.82) is 0 Å². The quantitative estimate of drug-likeness (QED) is 0.649. The number of hydrogen-bond acceptors (Lipinski definition) is 0. The Balaban J connectivity index is 0.00000104. The maximum Gasteiger partial charge on any atom is 0.191 e. The van der Waals surface area contributed by atoms with Gasteiger partial charge >= 0.3 is 0 Å². The van der Waals surface area contributed by atoms with Crippen molar-refractivity contribution in [2.24, 2.45) is 0 Å². The van der Waals surface area contributed by atoms with Crippen LogP contribution in [0.2, 0.25) is 0 Å². The van der Waals surface area contributed by atoms with Gasteiger partial charge in [-0.15, -0.1) is 0 Å². The second-order valence-electron chi connectivity index (χ2n) is 6.53. The molecule has 0 bridgehead atoms. The number of fused-ring (bicyclic) bond motifs is 3. The molecule has 121 valence electrons. The largest absolute Gasteiger partial charge is 0.412 e. The van der Waals surface area contributed by atoms with Crippen LogP contribution in [0.3, 0.4) is 0 Å². The van der Waals surface area contributed by atoms with E-state index in [1.165, 1.54) is 33.2 Å². The molecule has 2 nitrogen and oxygen atoms in total. The topological polar surface area (TPSA) is 63.0 Å². The Labute approximate surface area is 144 Å². The zero-order valence-electron chi connectivity index (χ0n) is 14.0. The Morgan fingerprint density at radius 1 is 0.625 bits per heavy atom. The minimum atomic E-state index is 0. The molecule has 3 aromatic rings. The van der Waals surface area contributed by atoms with E-state index in [4.69, 9.17) is 0 Å². The van der Waals surface area contributed by atoms with Crippen molar-refractivity contribution in [3.8, 4) is 11.1 Å². The number of rotatable bonds is 2. The molecule has 4 N–H and O–H groups in total. The third-order valence-electron chi connectivity index (χ3n) is 4.74. The Kier molecular flexibility index (Phi) is 4.98. The van der Waals surface area contributed by atoms with Gasteiger partial charge < -0.3 is 11.0 Å². The molecular formula is C21H22BO2. The molecular weight excluding hydrogens is 295 g/mol. The molecule has 1 radical (unpaired) electrons. The molecule has 0 saturated carbocycles. The molecule has 24 heavy (non-hydrogen) atoms. The van der Waals surface area contributed by atoms with E-state index < -0.39 is 0 Å². The van der Waals surface area contributed by atoms with Gasteiger partial charge in [0.25, 0.3) is 0 Å². The van der Waals surface area contributed by atoms with Crippen LogP contribution in [0.4, 0.5) is 0 Å². The van der Waals surface area contributed by atoms with Gasteiger partial charge in [0, 0.05) is 5.41 Å². The molecule has 0 amide bonds. The predicted octanol–water partition coefficient (Wildman–Crippen LogP) is 2.00. The van der Waals surface area contributed by atoms with Gasteiger partial charge in [0.2, 0.25) is 0 Å². The van der Waals surface area contributed by atoms with Crippen LogP contribution < -0.4 is 10.9 Å². The molecule has 0 spiro atoms. The molecule has 0 aromatic heterocycles. The highest BCUT2D eigenvalue weighted by atomic mass is 16.0. The molecule has 3 aromatic carbocycles. The van der Waals surface area contributed by atoms with Crippen LogP contribution in [0, 0.1) is 0 Å². The second kappa shape index (κ2) is 6.64. The maximum absolute atomic E-state index is 2.35. The lowest BCUT2D eigenvalue weighted by atomic mass is 9.63. The first-order valence-corrected chi connectivity index (χ1v) is 7.80. The van der Waals surface area contributed by atoms with Gasteiger partial charge in [-0.1, -0.05) is 97.6 Å². The van der Waals surface area contributed by atoms with Crippen molar-refractivity contribution in [2.45, 2.75) is 19.3 Å². The lowest BCUT2D eigenvalue weighted by Crippen LogP contribution is -2.28. The van der Waals surface area contributed by atoms with E-state index in [0.717, 1.165) is 0 Å². The van der Waals surface area contributed by atoms with E-state index in [0.29, 0.717) is 0 Å². The summed E-state index contributed by atoms with van der Waals surface area (Å²) < 4.78 is 0. The summed E-state index contributed by atoms with van der Waals surface area (Å²) >= 11 is 0. The molecule has 0 saturated heterocycles. The summed E-state index contributed by atoms with van der Waals surface area (Å²) in [7, 11) is 2.25. The average Bonchev–Trinajstić information content (AvgIpc) is 2.77. The van der Waals surface area contributed by atoms with Crippen molar-refractivity contribution in [3.63, 3.8) is 0 Å². The Bertz CT molecular complexity index is 841. The lowest BCUT2D eigenvalue weighted by Gasteiger charge is -2.22. The Hall–Kier alpha value is -2.36. The molecule has 1 aliphatic rings. The molecule has 0 heterocycles. The smallest absolute Gasteiger partial charge is 0.191 e. The normalized spacial score (nSPS) is 13.1. The fraction of sp³-hybridized carbons (Fsp3) is 0.143. The minimum absolute atomic E-state index is 0. The van der Waals surface area contributed by atoms with Crippen LogP contribution in [0.15, 0.2) is 72.8 Å². The summed E-state index contributed by atoms with van der Waals surface area (Å²) in [6.45, 7) is 4.65. The van der Waals surface area contributed by atoms with Gasteiger partial charge in [0.15, 0.2) is 7.28 Å². The van der Waals surface area contributed by atoms with Gasteiger partial charge in [-0.25, -0.2) is 0 Å². The average molecular weight is 317 g/mol. The van der Waals surface area contributed by atoms with Crippen molar-refractivity contribution >= 4 is 18.2 Å². The molecule has 0 aliphatic heterocycles. The first-order valence-electron chi connectivity index (χ1n) is 7.80. The van der Waals surface area contributed by atoms with Gasteiger partial charge in [0.1, 0.15) is 0 Å². The van der Waals surface area contributed by atoms with Crippen molar-refractivity contribution in [1.82, 2.24) is 0 Å². The highest BCUT2D eigenvalue weighted by Gasteiger charge is 2.34. The van der Waals surface area contributed by atoms with E-state index >= 15 is 0 Å². The highest BCUT2D eigenvalue weighted by molar-refractivity contribution is 6.67. The standard InChI is InChI=1S/C21H18B.2H2O/c1-21(2)19-11-7-6-10-17(19)18-13-12-16(14-20(18)21)22-15-8-4-3-5-9-15;;/h3-14H,1-2H3;2*1H2. The highest BCUT2D eigenvalue weighted by Crippen LogP contribution is 2.47. The van der Waals surface area contributed by atoms with Crippen LogP contribution >= 0.6 is 0 Å². The number of benzene rings is 3. The van der Waals surface area contributed by atoms with Crippen LogP contribution in [0.25, 0.3) is 11.1 Å². The predicted molar refractivity (Wildman–Crippen MR) is 103 cm³/mol. The monoisotopic (exact) mass is 317 g/mol.